The second kappa shape index (κ2) is 9.73. The first-order valence-electron chi connectivity index (χ1n) is 11.2. The van der Waals surface area contributed by atoms with E-state index in [9.17, 15) is 0 Å². The SMILES string of the molecule is CSc1ncc(CN2CCCC(N3CCN(Cc4ccc5c(c4)OCO5)CC3)C2)cn1. The molecular weight excluding hydrogens is 410 g/mol. The molecule has 0 saturated carbocycles. The maximum Gasteiger partial charge on any atom is 0.231 e. The van der Waals surface area contributed by atoms with Crippen molar-refractivity contribution >= 4 is 11.8 Å². The molecule has 3 aliphatic rings. The van der Waals surface area contributed by atoms with Crippen LogP contribution in [0.5, 0.6) is 11.5 Å². The second-order valence-electron chi connectivity index (χ2n) is 8.61. The molecule has 0 aliphatic carbocycles. The van der Waals surface area contributed by atoms with Crippen LogP contribution in [0.25, 0.3) is 0 Å². The minimum Gasteiger partial charge on any atom is -0.454 e. The van der Waals surface area contributed by atoms with Crippen molar-refractivity contribution in [2.75, 3.05) is 52.3 Å². The van der Waals surface area contributed by atoms with E-state index in [0.29, 0.717) is 12.8 Å². The molecule has 0 amide bonds. The van der Waals surface area contributed by atoms with Gasteiger partial charge in [0.25, 0.3) is 0 Å². The molecule has 8 heteroatoms. The molecule has 1 aromatic heterocycles. The van der Waals surface area contributed by atoms with Gasteiger partial charge in [0.15, 0.2) is 16.7 Å². The molecule has 5 rings (SSSR count). The van der Waals surface area contributed by atoms with Crippen LogP contribution in [0.3, 0.4) is 0 Å². The van der Waals surface area contributed by atoms with Crippen LogP contribution in [-0.4, -0.2) is 83.0 Å². The Kier molecular flexibility index (Phi) is 6.59. The van der Waals surface area contributed by atoms with Crippen LogP contribution in [0.15, 0.2) is 35.7 Å². The lowest BCUT2D eigenvalue weighted by atomic mass is 10.0. The van der Waals surface area contributed by atoms with Gasteiger partial charge in [-0.15, -0.1) is 0 Å². The Hall–Kier alpha value is -1.87. The number of piperidine rings is 1. The zero-order valence-corrected chi connectivity index (χ0v) is 19.0. The van der Waals surface area contributed by atoms with E-state index in [1.54, 1.807) is 11.8 Å². The zero-order chi connectivity index (χ0) is 21.0. The predicted molar refractivity (Wildman–Crippen MR) is 122 cm³/mol. The number of hydrogen-bond acceptors (Lipinski definition) is 8. The summed E-state index contributed by atoms with van der Waals surface area (Å²) in [6, 6.07) is 6.98. The van der Waals surface area contributed by atoms with Crippen LogP contribution in [-0.2, 0) is 13.1 Å². The summed E-state index contributed by atoms with van der Waals surface area (Å²) >= 11 is 1.59. The fourth-order valence-electron chi connectivity index (χ4n) is 4.85. The molecule has 0 radical (unpaired) electrons. The average molecular weight is 442 g/mol. The average Bonchev–Trinajstić information content (AvgIpc) is 3.28. The monoisotopic (exact) mass is 441 g/mol. The van der Waals surface area contributed by atoms with Crippen molar-refractivity contribution in [3.8, 4) is 11.5 Å². The number of thioether (sulfide) groups is 1. The molecule has 2 aromatic rings. The Balaban J connectivity index is 1.10. The van der Waals surface area contributed by atoms with Crippen molar-refractivity contribution < 1.29 is 9.47 Å². The molecule has 2 fully saturated rings. The topological polar surface area (TPSA) is 54.0 Å². The van der Waals surface area contributed by atoms with Crippen molar-refractivity contribution in [1.82, 2.24) is 24.7 Å². The molecule has 31 heavy (non-hydrogen) atoms. The van der Waals surface area contributed by atoms with Crippen LogP contribution in [0, 0.1) is 0 Å². The number of aromatic nitrogens is 2. The molecule has 1 atom stereocenters. The highest BCUT2D eigenvalue weighted by molar-refractivity contribution is 7.98. The second-order valence-corrected chi connectivity index (χ2v) is 9.38. The van der Waals surface area contributed by atoms with E-state index >= 15 is 0 Å². The van der Waals surface area contributed by atoms with Crippen molar-refractivity contribution in [2.45, 2.75) is 37.1 Å². The first-order chi connectivity index (χ1) is 15.3. The summed E-state index contributed by atoms with van der Waals surface area (Å²) in [5.74, 6) is 1.74. The summed E-state index contributed by atoms with van der Waals surface area (Å²) < 4.78 is 11.0. The number of benzene rings is 1. The van der Waals surface area contributed by atoms with E-state index in [4.69, 9.17) is 9.47 Å². The van der Waals surface area contributed by atoms with Gasteiger partial charge in [-0.25, -0.2) is 9.97 Å². The molecule has 1 aromatic carbocycles. The normalized spacial score (nSPS) is 22.7. The van der Waals surface area contributed by atoms with E-state index in [0.717, 1.165) is 62.5 Å². The lowest BCUT2D eigenvalue weighted by Gasteiger charge is -2.43. The maximum atomic E-state index is 5.53. The number of ether oxygens (including phenoxy) is 2. The molecule has 3 aliphatic heterocycles. The highest BCUT2D eigenvalue weighted by atomic mass is 32.2. The van der Waals surface area contributed by atoms with Gasteiger partial charge in [0.1, 0.15) is 0 Å². The molecule has 0 N–H and O–H groups in total. The Labute approximate surface area is 188 Å². The standard InChI is InChI=1S/C23H31N5O2S/c1-31-23-24-12-19(13-25-23)15-27-6-2-3-20(16-27)28-9-7-26(8-10-28)14-18-4-5-21-22(11-18)30-17-29-21/h4-5,11-13,20H,2-3,6-10,14-17H2,1H3. The summed E-state index contributed by atoms with van der Waals surface area (Å²) in [5, 5.41) is 0.846. The number of piperazine rings is 1. The zero-order valence-electron chi connectivity index (χ0n) is 18.2. The van der Waals surface area contributed by atoms with Crippen LogP contribution < -0.4 is 9.47 Å². The Morgan fingerprint density at radius 1 is 0.935 bits per heavy atom. The van der Waals surface area contributed by atoms with E-state index in [1.165, 1.54) is 30.5 Å². The lowest BCUT2D eigenvalue weighted by Crippen LogP contribution is -2.54. The van der Waals surface area contributed by atoms with E-state index in [-0.39, 0.29) is 0 Å². The number of hydrogen-bond donors (Lipinski definition) is 0. The fourth-order valence-corrected chi connectivity index (χ4v) is 5.16. The van der Waals surface area contributed by atoms with Crippen molar-refractivity contribution in [3.05, 3.63) is 41.7 Å². The third-order valence-corrected chi connectivity index (χ3v) is 7.09. The Morgan fingerprint density at radius 3 is 2.52 bits per heavy atom. The van der Waals surface area contributed by atoms with E-state index in [1.807, 2.05) is 24.7 Å². The molecule has 166 valence electrons. The summed E-state index contributed by atoms with van der Waals surface area (Å²) in [6.07, 6.45) is 8.56. The number of nitrogens with zero attached hydrogens (tertiary/aromatic N) is 5. The summed E-state index contributed by atoms with van der Waals surface area (Å²) in [7, 11) is 0. The minimum absolute atomic E-state index is 0.339. The summed E-state index contributed by atoms with van der Waals surface area (Å²) in [5.41, 5.74) is 2.52. The van der Waals surface area contributed by atoms with Gasteiger partial charge < -0.3 is 9.47 Å². The van der Waals surface area contributed by atoms with Crippen LogP contribution >= 0.6 is 11.8 Å². The van der Waals surface area contributed by atoms with E-state index < -0.39 is 0 Å². The number of likely N-dealkylation sites (tertiary alicyclic amines) is 1. The Morgan fingerprint density at radius 2 is 1.71 bits per heavy atom. The van der Waals surface area contributed by atoms with Gasteiger partial charge in [0, 0.05) is 69.8 Å². The van der Waals surface area contributed by atoms with Crippen LogP contribution in [0.2, 0.25) is 0 Å². The van der Waals surface area contributed by atoms with E-state index in [2.05, 4.69) is 36.8 Å². The summed E-state index contributed by atoms with van der Waals surface area (Å²) in [4.78, 5) is 16.7. The van der Waals surface area contributed by atoms with Gasteiger partial charge in [0.05, 0.1) is 0 Å². The van der Waals surface area contributed by atoms with Gasteiger partial charge in [-0.1, -0.05) is 17.8 Å². The highest BCUT2D eigenvalue weighted by Crippen LogP contribution is 2.33. The number of rotatable bonds is 6. The molecular formula is C23H31N5O2S. The maximum absolute atomic E-state index is 5.53. The van der Waals surface area contributed by atoms with Crippen LogP contribution in [0.4, 0.5) is 0 Å². The van der Waals surface area contributed by atoms with Crippen molar-refractivity contribution in [3.63, 3.8) is 0 Å². The van der Waals surface area contributed by atoms with Gasteiger partial charge in [-0.05, 0) is 43.3 Å². The quantitative estimate of drug-likeness (QED) is 0.501. The van der Waals surface area contributed by atoms with Crippen molar-refractivity contribution in [1.29, 1.82) is 0 Å². The molecule has 0 bridgehead atoms. The molecule has 2 saturated heterocycles. The van der Waals surface area contributed by atoms with Gasteiger partial charge in [-0.3, -0.25) is 14.7 Å². The van der Waals surface area contributed by atoms with Crippen LogP contribution in [0.1, 0.15) is 24.0 Å². The van der Waals surface area contributed by atoms with Gasteiger partial charge >= 0.3 is 0 Å². The summed E-state index contributed by atoms with van der Waals surface area (Å²) in [6.45, 7) is 9.12. The Bertz CT molecular complexity index is 873. The molecule has 4 heterocycles. The highest BCUT2D eigenvalue weighted by Gasteiger charge is 2.28. The molecule has 1 unspecified atom stereocenters. The first-order valence-corrected chi connectivity index (χ1v) is 12.4. The molecule has 7 nitrogen and oxygen atoms in total. The third-order valence-electron chi connectivity index (χ3n) is 6.52. The number of fused-ring (bicyclic) bond motifs is 1. The van der Waals surface area contributed by atoms with Gasteiger partial charge in [0.2, 0.25) is 6.79 Å². The lowest BCUT2D eigenvalue weighted by molar-refractivity contribution is 0.0476. The van der Waals surface area contributed by atoms with Crippen molar-refractivity contribution in [2.24, 2.45) is 0 Å². The minimum atomic E-state index is 0.339. The smallest absolute Gasteiger partial charge is 0.231 e. The van der Waals surface area contributed by atoms with Gasteiger partial charge in [-0.2, -0.15) is 0 Å². The first kappa shape index (κ1) is 21.0. The fraction of sp³-hybridized carbons (Fsp3) is 0.565. The predicted octanol–water partition coefficient (Wildman–Crippen LogP) is 2.71. The molecule has 0 spiro atoms. The largest absolute Gasteiger partial charge is 0.454 e. The third kappa shape index (κ3) is 5.14.